The van der Waals surface area contributed by atoms with Crippen LogP contribution >= 0.6 is 0 Å². The van der Waals surface area contributed by atoms with Crippen LogP contribution in [0.5, 0.6) is 5.75 Å². The molecule has 1 saturated carbocycles. The number of hydrogen-bond donors (Lipinski definition) is 2. The van der Waals surface area contributed by atoms with Crippen molar-refractivity contribution < 1.29 is 23.9 Å². The van der Waals surface area contributed by atoms with Gasteiger partial charge in [-0.3, -0.25) is 4.79 Å². The molecule has 0 unspecified atom stereocenters. The fraction of sp³-hybridized carbons (Fsp3) is 0.750. The highest BCUT2D eigenvalue weighted by atomic mass is 28.4. The first-order valence-corrected chi connectivity index (χ1v) is 19.3. The maximum atomic E-state index is 12.2. The highest BCUT2D eigenvalue weighted by Crippen LogP contribution is 2.59. The maximum Gasteiger partial charge on any atom is 0.310 e. The Labute approximate surface area is 214 Å². The normalized spacial score (nSPS) is 24.7. The zero-order valence-electron chi connectivity index (χ0n) is 23.4. The minimum atomic E-state index is -2.34. The van der Waals surface area contributed by atoms with Crippen LogP contribution in [-0.4, -0.2) is 44.9 Å². The van der Waals surface area contributed by atoms with Crippen LogP contribution in [0.3, 0.4) is 0 Å². The molecule has 35 heavy (non-hydrogen) atoms. The van der Waals surface area contributed by atoms with Crippen LogP contribution < -0.4 is 4.74 Å². The summed E-state index contributed by atoms with van der Waals surface area (Å²) in [5, 5.41) is -0.173. The summed E-state index contributed by atoms with van der Waals surface area (Å²) < 4.78 is 11.8. The highest BCUT2D eigenvalue weighted by Gasteiger charge is 2.53. The van der Waals surface area contributed by atoms with Crippen molar-refractivity contribution >= 4 is 22.6 Å². The Kier molecular flexibility index (Phi) is 8.08. The predicted octanol–water partition coefficient (Wildman–Crippen LogP) is 6.40. The monoisotopic (exact) mass is 520 g/mol. The van der Waals surface area contributed by atoms with E-state index in [1.807, 2.05) is 45.2 Å². The second kappa shape index (κ2) is 9.95. The number of hydrogen-bond acceptors (Lipinski definition) is 5. The molecular formula is C28H48O5Si2. The Balaban J connectivity index is 1.93. The Hall–Kier alpha value is -1.16. The summed E-state index contributed by atoms with van der Waals surface area (Å²) in [6.45, 7) is 19.3. The third kappa shape index (κ3) is 5.89. The second-order valence-corrected chi connectivity index (χ2v) is 22.2. The average Bonchev–Trinajstić information content (AvgIpc) is 3.21. The quantitative estimate of drug-likeness (QED) is 0.276. The van der Waals surface area contributed by atoms with E-state index in [-0.39, 0.29) is 34.5 Å². The molecule has 5 nitrogen and oxygen atoms in total. The van der Waals surface area contributed by atoms with Crippen molar-refractivity contribution in [3.8, 4) is 5.75 Å². The van der Waals surface area contributed by atoms with Gasteiger partial charge in [0, 0.05) is 17.0 Å². The van der Waals surface area contributed by atoms with Gasteiger partial charge in [-0.2, -0.15) is 0 Å². The van der Waals surface area contributed by atoms with E-state index < -0.39 is 16.6 Å². The summed E-state index contributed by atoms with van der Waals surface area (Å²) in [6, 6.07) is 6.20. The second-order valence-electron chi connectivity index (χ2n) is 13.3. The number of para-hydroxylation sites is 1. The number of carbonyl (C=O) groups is 1. The van der Waals surface area contributed by atoms with E-state index in [0.29, 0.717) is 18.4 Å². The molecule has 4 atom stereocenters. The van der Waals surface area contributed by atoms with E-state index in [0.717, 1.165) is 37.0 Å². The van der Waals surface area contributed by atoms with E-state index in [1.165, 1.54) is 5.56 Å². The van der Waals surface area contributed by atoms with Crippen LogP contribution in [0.25, 0.3) is 0 Å². The SMILES string of the molecule is CCOC(=O)Cc1cccc2c1O[C@H]1C[C@@H](CC(C)(C)[Si](C)(C)O)[C@H](CCC(C)(C)[Si](C)(C)O)[C@@H]21. The van der Waals surface area contributed by atoms with Gasteiger partial charge in [0.25, 0.3) is 0 Å². The molecule has 1 aromatic carbocycles. The van der Waals surface area contributed by atoms with Gasteiger partial charge in [0.15, 0.2) is 16.6 Å². The average molecular weight is 521 g/mol. The van der Waals surface area contributed by atoms with Crippen LogP contribution in [0.15, 0.2) is 18.2 Å². The van der Waals surface area contributed by atoms with Gasteiger partial charge in [0.1, 0.15) is 11.9 Å². The number of esters is 1. The van der Waals surface area contributed by atoms with Gasteiger partial charge in [0.2, 0.25) is 0 Å². The van der Waals surface area contributed by atoms with Crippen molar-refractivity contribution in [3.05, 3.63) is 29.3 Å². The zero-order valence-corrected chi connectivity index (χ0v) is 25.4. The lowest BCUT2D eigenvalue weighted by Crippen LogP contribution is -2.41. The standard InChI is InChI=1S/C28H48O5Si2/c1-10-32-24(29)17-19-12-11-13-22-25-21(14-15-27(2,3)34(6,7)30)20(16-23(25)33-26(19)22)18-28(4,5)35(8,9)31/h11-13,20-21,23,25,30-31H,10,14-18H2,1-9H3/t20-,21-,23-,25-/m0/s1. The van der Waals surface area contributed by atoms with Gasteiger partial charge in [-0.25, -0.2) is 0 Å². The van der Waals surface area contributed by atoms with E-state index in [1.54, 1.807) is 0 Å². The fourth-order valence-corrected chi connectivity index (χ4v) is 7.32. The van der Waals surface area contributed by atoms with Gasteiger partial charge in [-0.1, -0.05) is 45.9 Å². The minimum absolute atomic E-state index is 0.0792. The van der Waals surface area contributed by atoms with Crippen LogP contribution in [0, 0.1) is 11.8 Å². The molecule has 7 heteroatoms. The lowest BCUT2D eigenvalue weighted by Gasteiger charge is -2.40. The van der Waals surface area contributed by atoms with Crippen LogP contribution in [0.1, 0.15) is 77.3 Å². The first kappa shape index (κ1) is 28.4. The molecule has 3 rings (SSSR count). The van der Waals surface area contributed by atoms with Crippen LogP contribution in [0.4, 0.5) is 0 Å². The molecule has 0 bridgehead atoms. The lowest BCUT2D eigenvalue weighted by atomic mass is 9.77. The van der Waals surface area contributed by atoms with Crippen LogP contribution in [-0.2, 0) is 16.0 Å². The van der Waals surface area contributed by atoms with Crippen LogP contribution in [0.2, 0.25) is 36.3 Å². The van der Waals surface area contributed by atoms with Crippen molar-refractivity contribution in [3.63, 3.8) is 0 Å². The molecule has 1 heterocycles. The molecule has 198 valence electrons. The molecule has 0 radical (unpaired) electrons. The highest BCUT2D eigenvalue weighted by molar-refractivity contribution is 6.73. The molecule has 1 fully saturated rings. The Morgan fingerprint density at radius 3 is 2.29 bits per heavy atom. The van der Waals surface area contributed by atoms with E-state index in [9.17, 15) is 14.4 Å². The molecular weight excluding hydrogens is 472 g/mol. The molecule has 0 aromatic heterocycles. The zero-order chi connectivity index (χ0) is 26.4. The van der Waals surface area contributed by atoms with Crippen molar-refractivity contribution in [2.45, 2.75) is 115 Å². The van der Waals surface area contributed by atoms with Crippen molar-refractivity contribution in [1.82, 2.24) is 0 Å². The van der Waals surface area contributed by atoms with Gasteiger partial charge in [-0.05, 0) is 80.7 Å². The van der Waals surface area contributed by atoms with Gasteiger partial charge in [-0.15, -0.1) is 0 Å². The molecule has 2 N–H and O–H groups in total. The first-order chi connectivity index (χ1) is 16.0. The first-order valence-electron chi connectivity index (χ1n) is 13.4. The number of ether oxygens (including phenoxy) is 2. The molecule has 0 saturated heterocycles. The molecule has 0 spiro atoms. The molecule has 0 amide bonds. The smallest absolute Gasteiger partial charge is 0.310 e. The summed E-state index contributed by atoms with van der Waals surface area (Å²) >= 11 is 0. The van der Waals surface area contributed by atoms with Crippen molar-refractivity contribution in [2.75, 3.05) is 6.61 Å². The van der Waals surface area contributed by atoms with Gasteiger partial charge >= 0.3 is 5.97 Å². The molecule has 2 aliphatic rings. The Morgan fingerprint density at radius 2 is 1.71 bits per heavy atom. The Morgan fingerprint density at radius 1 is 1.09 bits per heavy atom. The number of carbonyl (C=O) groups excluding carboxylic acids is 1. The largest absolute Gasteiger partial charge is 0.489 e. The van der Waals surface area contributed by atoms with Gasteiger partial charge in [0.05, 0.1) is 13.0 Å². The molecule has 1 aromatic rings. The predicted molar refractivity (Wildman–Crippen MR) is 147 cm³/mol. The minimum Gasteiger partial charge on any atom is -0.489 e. The van der Waals surface area contributed by atoms with Gasteiger partial charge < -0.3 is 19.1 Å². The topological polar surface area (TPSA) is 76.0 Å². The summed E-state index contributed by atoms with van der Waals surface area (Å²) in [4.78, 5) is 34.2. The fourth-order valence-electron chi connectivity index (χ4n) is 5.80. The Bertz CT molecular complexity index is 913. The third-order valence-corrected chi connectivity index (χ3v) is 16.7. The summed E-state index contributed by atoms with van der Waals surface area (Å²) in [5.74, 6) is 1.83. The number of fused-ring (bicyclic) bond motifs is 3. The third-order valence-electron chi connectivity index (χ3n) is 9.59. The molecule has 1 aliphatic carbocycles. The van der Waals surface area contributed by atoms with E-state index in [4.69, 9.17) is 9.47 Å². The van der Waals surface area contributed by atoms with Crippen molar-refractivity contribution in [2.24, 2.45) is 11.8 Å². The summed E-state index contributed by atoms with van der Waals surface area (Å²) in [5.41, 5.74) is 2.14. The van der Waals surface area contributed by atoms with E-state index >= 15 is 0 Å². The summed E-state index contributed by atoms with van der Waals surface area (Å²) in [7, 11) is -4.65. The number of rotatable bonds is 10. The number of benzene rings is 1. The molecule has 1 aliphatic heterocycles. The van der Waals surface area contributed by atoms with Crippen molar-refractivity contribution in [1.29, 1.82) is 0 Å². The lowest BCUT2D eigenvalue weighted by molar-refractivity contribution is -0.142. The van der Waals surface area contributed by atoms with E-state index in [2.05, 4.69) is 33.8 Å². The maximum absolute atomic E-state index is 12.2. The summed E-state index contributed by atoms with van der Waals surface area (Å²) in [6.07, 6.45) is 4.30.